The number of nitrogens with zero attached hydrogens (tertiary/aromatic N) is 2. The van der Waals surface area contributed by atoms with E-state index in [9.17, 15) is 0 Å². The highest BCUT2D eigenvalue weighted by atomic mass is 35.5. The summed E-state index contributed by atoms with van der Waals surface area (Å²) in [7, 11) is 0. The topological polar surface area (TPSA) is 17.8 Å². The van der Waals surface area contributed by atoms with Gasteiger partial charge in [-0.25, -0.2) is 4.98 Å². The predicted octanol–water partition coefficient (Wildman–Crippen LogP) is 4.98. The molecule has 0 spiro atoms. The third kappa shape index (κ3) is 3.07. The number of aromatic nitrogens is 2. The molecule has 0 aliphatic heterocycles. The maximum atomic E-state index is 6.11. The summed E-state index contributed by atoms with van der Waals surface area (Å²) in [6, 6.07) is 14.3. The van der Waals surface area contributed by atoms with Crippen molar-refractivity contribution in [2.75, 3.05) is 0 Å². The molecule has 1 aromatic heterocycles. The first-order valence-electron chi connectivity index (χ1n) is 6.93. The molecule has 0 bridgehead atoms. The largest absolute Gasteiger partial charge is 0.327 e. The zero-order chi connectivity index (χ0) is 14.8. The second-order valence-electron chi connectivity index (χ2n) is 5.19. The number of aryl methyl sites for hydroxylation is 3. The van der Waals surface area contributed by atoms with Crippen LogP contribution in [0.15, 0.2) is 42.5 Å². The van der Waals surface area contributed by atoms with E-state index in [1.807, 2.05) is 18.2 Å². The van der Waals surface area contributed by atoms with Crippen molar-refractivity contribution in [2.45, 2.75) is 25.8 Å². The average Bonchev–Trinajstić information content (AvgIpc) is 2.82. The minimum Gasteiger partial charge on any atom is -0.327 e. The van der Waals surface area contributed by atoms with Crippen LogP contribution in [0.1, 0.15) is 17.0 Å². The standard InChI is InChI=1S/C17H16Cl2N2/c1-12-3-2-4-13(9-12)7-8-21-16-10-14(19)5-6-15(16)20-17(21)11-18/h2-6,9-10H,7-8,11H2,1H3. The number of rotatable bonds is 4. The molecule has 0 aliphatic carbocycles. The number of benzene rings is 2. The highest BCUT2D eigenvalue weighted by molar-refractivity contribution is 6.31. The lowest BCUT2D eigenvalue weighted by Crippen LogP contribution is -2.05. The van der Waals surface area contributed by atoms with Crippen LogP contribution in [-0.4, -0.2) is 9.55 Å². The summed E-state index contributed by atoms with van der Waals surface area (Å²) in [4.78, 5) is 4.57. The second-order valence-corrected chi connectivity index (χ2v) is 5.89. The lowest BCUT2D eigenvalue weighted by atomic mass is 10.1. The normalized spacial score (nSPS) is 11.2. The van der Waals surface area contributed by atoms with Crippen LogP contribution >= 0.6 is 23.2 Å². The first-order valence-corrected chi connectivity index (χ1v) is 7.85. The van der Waals surface area contributed by atoms with Gasteiger partial charge in [0.15, 0.2) is 0 Å². The van der Waals surface area contributed by atoms with Gasteiger partial charge in [0, 0.05) is 11.6 Å². The van der Waals surface area contributed by atoms with E-state index in [0.29, 0.717) is 5.88 Å². The molecule has 0 N–H and O–H groups in total. The van der Waals surface area contributed by atoms with E-state index in [1.54, 1.807) is 0 Å². The van der Waals surface area contributed by atoms with Crippen LogP contribution < -0.4 is 0 Å². The fourth-order valence-corrected chi connectivity index (χ4v) is 2.98. The summed E-state index contributed by atoms with van der Waals surface area (Å²) in [5.74, 6) is 1.29. The van der Waals surface area contributed by atoms with E-state index in [2.05, 4.69) is 40.7 Å². The molecule has 0 atom stereocenters. The zero-order valence-corrected chi connectivity index (χ0v) is 13.3. The number of alkyl halides is 1. The fraction of sp³-hybridized carbons (Fsp3) is 0.235. The molecule has 3 aromatic rings. The molecule has 4 heteroatoms. The third-order valence-electron chi connectivity index (χ3n) is 3.62. The van der Waals surface area contributed by atoms with E-state index < -0.39 is 0 Å². The molecule has 108 valence electrons. The molecule has 0 saturated carbocycles. The molecule has 0 fully saturated rings. The summed E-state index contributed by atoms with van der Waals surface area (Å²) in [5.41, 5.74) is 4.59. The van der Waals surface area contributed by atoms with Crippen LogP contribution in [0, 0.1) is 6.92 Å². The molecule has 2 nitrogen and oxygen atoms in total. The fourth-order valence-electron chi connectivity index (χ4n) is 2.61. The Morgan fingerprint density at radius 3 is 2.76 bits per heavy atom. The van der Waals surface area contributed by atoms with Crippen molar-refractivity contribution in [1.29, 1.82) is 0 Å². The second kappa shape index (κ2) is 6.08. The molecule has 0 unspecified atom stereocenters. The zero-order valence-electron chi connectivity index (χ0n) is 11.8. The summed E-state index contributed by atoms with van der Waals surface area (Å²) in [6.07, 6.45) is 0.948. The van der Waals surface area contributed by atoms with Crippen LogP contribution in [0.25, 0.3) is 11.0 Å². The predicted molar refractivity (Wildman–Crippen MR) is 89.2 cm³/mol. The van der Waals surface area contributed by atoms with E-state index in [0.717, 1.165) is 34.8 Å². The molecule has 0 amide bonds. The Morgan fingerprint density at radius 1 is 1.14 bits per heavy atom. The molecule has 21 heavy (non-hydrogen) atoms. The van der Waals surface area contributed by atoms with Gasteiger partial charge in [-0.2, -0.15) is 0 Å². The van der Waals surface area contributed by atoms with Gasteiger partial charge in [-0.3, -0.25) is 0 Å². The number of imidazole rings is 1. The quantitative estimate of drug-likeness (QED) is 0.620. The Bertz CT molecular complexity index is 778. The Labute approximate surface area is 134 Å². The van der Waals surface area contributed by atoms with Crippen LogP contribution in [0.4, 0.5) is 0 Å². The smallest absolute Gasteiger partial charge is 0.124 e. The van der Waals surface area contributed by atoms with Gasteiger partial charge in [0.25, 0.3) is 0 Å². The molecule has 1 heterocycles. The van der Waals surface area contributed by atoms with Crippen LogP contribution in [0.3, 0.4) is 0 Å². The summed E-state index contributed by atoms with van der Waals surface area (Å²) >= 11 is 12.1. The van der Waals surface area contributed by atoms with Crippen LogP contribution in [0.2, 0.25) is 5.02 Å². The number of fused-ring (bicyclic) bond motifs is 1. The van der Waals surface area contributed by atoms with Crippen LogP contribution in [-0.2, 0) is 18.8 Å². The van der Waals surface area contributed by atoms with E-state index >= 15 is 0 Å². The Morgan fingerprint density at radius 2 is 2.00 bits per heavy atom. The van der Waals surface area contributed by atoms with Gasteiger partial charge in [0.05, 0.1) is 16.9 Å². The van der Waals surface area contributed by atoms with Gasteiger partial charge in [0.2, 0.25) is 0 Å². The average molecular weight is 319 g/mol. The summed E-state index contributed by atoms with van der Waals surface area (Å²) in [6.45, 7) is 2.96. The first kappa shape index (κ1) is 14.4. The summed E-state index contributed by atoms with van der Waals surface area (Å²) < 4.78 is 2.16. The Balaban J connectivity index is 1.93. The van der Waals surface area contributed by atoms with Crippen molar-refractivity contribution in [2.24, 2.45) is 0 Å². The van der Waals surface area contributed by atoms with Gasteiger partial charge in [-0.05, 0) is 37.1 Å². The minimum atomic E-state index is 0.403. The van der Waals surface area contributed by atoms with Gasteiger partial charge in [-0.1, -0.05) is 41.4 Å². The SMILES string of the molecule is Cc1cccc(CCn2c(CCl)nc3ccc(Cl)cc32)c1. The van der Waals surface area contributed by atoms with Crippen molar-refractivity contribution >= 4 is 34.2 Å². The van der Waals surface area contributed by atoms with E-state index in [-0.39, 0.29) is 0 Å². The number of hydrogen-bond acceptors (Lipinski definition) is 1. The van der Waals surface area contributed by atoms with Crippen molar-refractivity contribution in [1.82, 2.24) is 9.55 Å². The molecule has 3 rings (SSSR count). The third-order valence-corrected chi connectivity index (χ3v) is 4.09. The molecule has 2 aromatic carbocycles. The molecular formula is C17H16Cl2N2. The maximum Gasteiger partial charge on any atom is 0.124 e. The highest BCUT2D eigenvalue weighted by Gasteiger charge is 2.10. The monoisotopic (exact) mass is 318 g/mol. The molecule has 0 saturated heterocycles. The van der Waals surface area contributed by atoms with E-state index in [4.69, 9.17) is 23.2 Å². The van der Waals surface area contributed by atoms with Gasteiger partial charge in [-0.15, -0.1) is 11.6 Å². The Kier molecular flexibility index (Phi) is 4.18. The van der Waals surface area contributed by atoms with Crippen molar-refractivity contribution < 1.29 is 0 Å². The van der Waals surface area contributed by atoms with Crippen molar-refractivity contribution in [3.05, 3.63) is 64.4 Å². The first-order chi connectivity index (χ1) is 10.2. The van der Waals surface area contributed by atoms with Gasteiger partial charge >= 0.3 is 0 Å². The number of hydrogen-bond donors (Lipinski definition) is 0. The minimum absolute atomic E-state index is 0.403. The molecule has 0 radical (unpaired) electrons. The molecule has 0 aliphatic rings. The van der Waals surface area contributed by atoms with Crippen molar-refractivity contribution in [3.63, 3.8) is 0 Å². The number of halogens is 2. The maximum absolute atomic E-state index is 6.11. The van der Waals surface area contributed by atoms with Gasteiger partial charge in [0.1, 0.15) is 5.82 Å². The lowest BCUT2D eigenvalue weighted by molar-refractivity contribution is 0.688. The Hall–Kier alpha value is -1.51. The van der Waals surface area contributed by atoms with Gasteiger partial charge < -0.3 is 4.57 Å². The summed E-state index contributed by atoms with van der Waals surface area (Å²) in [5, 5.41) is 0.723. The van der Waals surface area contributed by atoms with E-state index in [1.165, 1.54) is 11.1 Å². The molecular weight excluding hydrogens is 303 g/mol. The van der Waals surface area contributed by atoms with Crippen molar-refractivity contribution in [3.8, 4) is 0 Å². The lowest BCUT2D eigenvalue weighted by Gasteiger charge is -2.08. The highest BCUT2D eigenvalue weighted by Crippen LogP contribution is 2.22. The van der Waals surface area contributed by atoms with Crippen LogP contribution in [0.5, 0.6) is 0 Å².